The van der Waals surface area contributed by atoms with Crippen LogP contribution in [0, 0.1) is 22.7 Å². The van der Waals surface area contributed by atoms with E-state index in [-0.39, 0.29) is 12.0 Å². The molecule has 2 unspecified atom stereocenters. The third-order valence-corrected chi connectivity index (χ3v) is 4.45. The molecule has 0 saturated carbocycles. The molecular weight excluding hydrogens is 240 g/mol. The molecule has 19 heavy (non-hydrogen) atoms. The zero-order chi connectivity index (χ0) is 13.3. The summed E-state index contributed by atoms with van der Waals surface area (Å²) >= 11 is 0. The van der Waals surface area contributed by atoms with Crippen LogP contribution >= 0.6 is 0 Å². The first-order valence-electron chi connectivity index (χ1n) is 6.73. The van der Waals surface area contributed by atoms with Gasteiger partial charge in [0.2, 0.25) is 0 Å². The molecule has 1 aromatic rings. The van der Waals surface area contributed by atoms with Gasteiger partial charge < -0.3 is 15.2 Å². The summed E-state index contributed by atoms with van der Waals surface area (Å²) in [6, 6.07) is 10.2. The van der Waals surface area contributed by atoms with E-state index in [1.807, 2.05) is 24.3 Å². The van der Waals surface area contributed by atoms with Gasteiger partial charge in [0, 0.05) is 30.7 Å². The van der Waals surface area contributed by atoms with Crippen molar-refractivity contribution in [3.8, 4) is 11.8 Å². The molecule has 2 aliphatic rings. The molecule has 2 aliphatic heterocycles. The summed E-state index contributed by atoms with van der Waals surface area (Å²) in [5.74, 6) is 0.891. The molecule has 0 bridgehead atoms. The van der Waals surface area contributed by atoms with Crippen molar-refractivity contribution >= 4 is 0 Å². The second-order valence-corrected chi connectivity index (χ2v) is 5.36. The predicted octanol–water partition coefficient (Wildman–Crippen LogP) is 2.02. The van der Waals surface area contributed by atoms with Gasteiger partial charge in [-0.1, -0.05) is 18.2 Å². The summed E-state index contributed by atoms with van der Waals surface area (Å²) in [5.41, 5.74) is 7.01. The number of hydrogen-bond acceptors (Lipinski definition) is 4. The number of para-hydroxylation sites is 1. The van der Waals surface area contributed by atoms with E-state index in [1.54, 1.807) is 0 Å². The van der Waals surface area contributed by atoms with E-state index < -0.39 is 5.41 Å². The minimum atomic E-state index is -0.412. The smallest absolute Gasteiger partial charge is 0.124 e. The Morgan fingerprint density at radius 2 is 2.00 bits per heavy atom. The van der Waals surface area contributed by atoms with Gasteiger partial charge in [-0.05, 0) is 18.9 Å². The first-order chi connectivity index (χ1) is 9.27. The summed E-state index contributed by atoms with van der Waals surface area (Å²) in [7, 11) is 0. The highest BCUT2D eigenvalue weighted by Crippen LogP contribution is 2.47. The molecule has 4 heteroatoms. The van der Waals surface area contributed by atoms with Crippen LogP contribution in [0.4, 0.5) is 0 Å². The van der Waals surface area contributed by atoms with Crippen molar-refractivity contribution < 1.29 is 9.47 Å². The predicted molar refractivity (Wildman–Crippen MR) is 70.5 cm³/mol. The molecule has 4 nitrogen and oxygen atoms in total. The standard InChI is InChI=1S/C15H18N2O2/c16-10-15(5-7-18-8-6-15)12-9-19-13-4-2-1-3-11(13)14(12)17/h1-4,12,14H,5-9,17H2. The van der Waals surface area contributed by atoms with Crippen LogP contribution in [0.15, 0.2) is 24.3 Å². The molecule has 100 valence electrons. The number of nitrogens with two attached hydrogens (primary N) is 1. The second-order valence-electron chi connectivity index (χ2n) is 5.36. The highest BCUT2D eigenvalue weighted by Gasteiger charge is 2.46. The molecule has 1 saturated heterocycles. The summed E-state index contributed by atoms with van der Waals surface area (Å²) in [6.07, 6.45) is 1.49. The van der Waals surface area contributed by atoms with Crippen LogP contribution in [0.3, 0.4) is 0 Å². The SMILES string of the molecule is N#CC1(C2COc3ccccc3C2N)CCOCC1. The van der Waals surface area contributed by atoms with Gasteiger partial charge in [0.15, 0.2) is 0 Å². The quantitative estimate of drug-likeness (QED) is 0.836. The number of ether oxygens (including phenoxy) is 2. The molecule has 3 rings (SSSR count). The van der Waals surface area contributed by atoms with E-state index in [0.717, 1.165) is 24.2 Å². The fourth-order valence-electron chi connectivity index (χ4n) is 3.19. The van der Waals surface area contributed by atoms with Crippen molar-refractivity contribution in [3.05, 3.63) is 29.8 Å². The van der Waals surface area contributed by atoms with E-state index in [2.05, 4.69) is 6.07 Å². The highest BCUT2D eigenvalue weighted by atomic mass is 16.5. The van der Waals surface area contributed by atoms with Crippen LogP contribution in [0.5, 0.6) is 5.75 Å². The Kier molecular flexibility index (Phi) is 3.17. The van der Waals surface area contributed by atoms with Gasteiger partial charge in [0.1, 0.15) is 5.75 Å². The minimum Gasteiger partial charge on any atom is -0.493 e. The maximum Gasteiger partial charge on any atom is 0.124 e. The number of fused-ring (bicyclic) bond motifs is 1. The van der Waals surface area contributed by atoms with Crippen LogP contribution in [-0.2, 0) is 4.74 Å². The van der Waals surface area contributed by atoms with Gasteiger partial charge in [-0.25, -0.2) is 0 Å². The molecule has 0 aromatic heterocycles. The molecule has 0 spiro atoms. The Bertz CT molecular complexity index is 503. The highest BCUT2D eigenvalue weighted by molar-refractivity contribution is 5.38. The van der Waals surface area contributed by atoms with Crippen molar-refractivity contribution in [1.29, 1.82) is 5.26 Å². The summed E-state index contributed by atoms with van der Waals surface area (Å²) in [4.78, 5) is 0. The van der Waals surface area contributed by atoms with Gasteiger partial charge in [0.05, 0.1) is 18.1 Å². The molecule has 1 aromatic carbocycles. The topological polar surface area (TPSA) is 68.3 Å². The lowest BCUT2D eigenvalue weighted by atomic mass is 9.66. The van der Waals surface area contributed by atoms with Gasteiger partial charge in [-0.15, -0.1) is 0 Å². The van der Waals surface area contributed by atoms with E-state index in [1.165, 1.54) is 0 Å². The van der Waals surface area contributed by atoms with E-state index in [0.29, 0.717) is 19.8 Å². The van der Waals surface area contributed by atoms with Crippen LogP contribution < -0.4 is 10.5 Å². The third-order valence-electron chi connectivity index (χ3n) is 4.45. The first kappa shape index (κ1) is 12.5. The maximum absolute atomic E-state index is 9.64. The molecule has 2 heterocycles. The molecule has 0 radical (unpaired) electrons. The number of rotatable bonds is 1. The first-order valence-corrected chi connectivity index (χ1v) is 6.73. The van der Waals surface area contributed by atoms with E-state index >= 15 is 0 Å². The van der Waals surface area contributed by atoms with Crippen molar-refractivity contribution in [2.24, 2.45) is 17.1 Å². The lowest BCUT2D eigenvalue weighted by Crippen LogP contribution is -2.45. The number of nitriles is 1. The molecule has 1 fully saturated rings. The average Bonchev–Trinajstić information content (AvgIpc) is 2.48. The van der Waals surface area contributed by atoms with Crippen molar-refractivity contribution in [2.45, 2.75) is 18.9 Å². The Labute approximate surface area is 113 Å². The average molecular weight is 258 g/mol. The fourth-order valence-corrected chi connectivity index (χ4v) is 3.19. The van der Waals surface area contributed by atoms with Crippen LogP contribution in [0.25, 0.3) is 0 Å². The summed E-state index contributed by atoms with van der Waals surface area (Å²) in [5, 5.41) is 9.64. The molecule has 0 amide bonds. The van der Waals surface area contributed by atoms with Crippen LogP contribution in [0.1, 0.15) is 24.4 Å². The van der Waals surface area contributed by atoms with Crippen LogP contribution in [-0.4, -0.2) is 19.8 Å². The third kappa shape index (κ3) is 1.99. The second kappa shape index (κ2) is 4.84. The Hall–Kier alpha value is -1.57. The van der Waals surface area contributed by atoms with Gasteiger partial charge in [0.25, 0.3) is 0 Å². The lowest BCUT2D eigenvalue weighted by Gasteiger charge is -2.43. The fraction of sp³-hybridized carbons (Fsp3) is 0.533. The Morgan fingerprint density at radius 3 is 2.74 bits per heavy atom. The van der Waals surface area contributed by atoms with E-state index in [4.69, 9.17) is 15.2 Å². The number of nitrogens with zero attached hydrogens (tertiary/aromatic N) is 1. The monoisotopic (exact) mass is 258 g/mol. The van der Waals surface area contributed by atoms with Crippen molar-refractivity contribution in [3.63, 3.8) is 0 Å². The molecule has 2 atom stereocenters. The lowest BCUT2D eigenvalue weighted by molar-refractivity contribution is -0.0118. The van der Waals surface area contributed by atoms with Crippen molar-refractivity contribution in [1.82, 2.24) is 0 Å². The summed E-state index contributed by atoms with van der Waals surface area (Å²) in [6.45, 7) is 1.79. The molecule has 2 N–H and O–H groups in total. The molecular formula is C15H18N2O2. The van der Waals surface area contributed by atoms with E-state index in [9.17, 15) is 5.26 Å². The van der Waals surface area contributed by atoms with Gasteiger partial charge in [-0.3, -0.25) is 0 Å². The minimum absolute atomic E-state index is 0.0382. The van der Waals surface area contributed by atoms with Crippen molar-refractivity contribution in [2.75, 3.05) is 19.8 Å². The van der Waals surface area contributed by atoms with Crippen LogP contribution in [0.2, 0.25) is 0 Å². The zero-order valence-corrected chi connectivity index (χ0v) is 10.8. The van der Waals surface area contributed by atoms with Gasteiger partial charge in [-0.2, -0.15) is 5.26 Å². The zero-order valence-electron chi connectivity index (χ0n) is 10.8. The number of hydrogen-bond donors (Lipinski definition) is 1. The summed E-state index contributed by atoms with van der Waals surface area (Å²) < 4.78 is 11.2. The maximum atomic E-state index is 9.64. The van der Waals surface area contributed by atoms with Gasteiger partial charge >= 0.3 is 0 Å². The largest absolute Gasteiger partial charge is 0.493 e. The normalized spacial score (nSPS) is 28.8. The molecule has 0 aliphatic carbocycles. The number of benzene rings is 1. The Balaban J connectivity index is 1.93. The Morgan fingerprint density at radius 1 is 1.26 bits per heavy atom.